The molecule has 0 aromatic heterocycles. The molecule has 0 spiro atoms. The second kappa shape index (κ2) is 10.4. The summed E-state index contributed by atoms with van der Waals surface area (Å²) in [6.07, 6.45) is 6.47. The van der Waals surface area contributed by atoms with Crippen molar-refractivity contribution in [1.29, 1.82) is 0 Å². The zero-order chi connectivity index (χ0) is 19.1. The van der Waals surface area contributed by atoms with Gasteiger partial charge in [0, 0.05) is 12.3 Å². The molecule has 2 rings (SSSR count). The maximum Gasteiger partial charge on any atom is 0.196 e. The highest BCUT2D eigenvalue weighted by molar-refractivity contribution is 5.33. The molecule has 5 heteroatoms. The number of hydrogen-bond acceptors (Lipinski definition) is 3. The summed E-state index contributed by atoms with van der Waals surface area (Å²) in [4.78, 5) is 0. The van der Waals surface area contributed by atoms with Crippen LogP contribution in [-0.2, 0) is 14.2 Å². The van der Waals surface area contributed by atoms with Crippen molar-refractivity contribution in [2.75, 3.05) is 20.3 Å². The molecule has 1 heterocycles. The molecule has 2 aliphatic rings. The summed E-state index contributed by atoms with van der Waals surface area (Å²) in [6.45, 7) is 7.69. The predicted octanol–water partition coefficient (Wildman–Crippen LogP) is 5.86. The zero-order valence-corrected chi connectivity index (χ0v) is 16.7. The lowest BCUT2D eigenvalue weighted by Crippen LogP contribution is -2.29. The van der Waals surface area contributed by atoms with Gasteiger partial charge in [-0.15, -0.1) is 0 Å². The Balaban J connectivity index is 1.73. The first kappa shape index (κ1) is 21.4. The van der Waals surface area contributed by atoms with Crippen LogP contribution in [0.15, 0.2) is 23.0 Å². The Morgan fingerprint density at radius 3 is 2.50 bits per heavy atom. The number of allylic oxidation sites excluding steroid dienone is 4. The molecule has 1 aliphatic carbocycles. The van der Waals surface area contributed by atoms with Crippen LogP contribution in [0.5, 0.6) is 0 Å². The van der Waals surface area contributed by atoms with E-state index >= 15 is 0 Å². The van der Waals surface area contributed by atoms with Crippen LogP contribution in [0.2, 0.25) is 0 Å². The first-order chi connectivity index (χ1) is 12.5. The Morgan fingerprint density at radius 1 is 1.12 bits per heavy atom. The summed E-state index contributed by atoms with van der Waals surface area (Å²) in [5.41, 5.74) is 0.571. The fraction of sp³-hybridized carbons (Fsp3) is 0.810. The van der Waals surface area contributed by atoms with E-state index in [1.807, 2.05) is 6.92 Å². The smallest absolute Gasteiger partial charge is 0.196 e. The minimum Gasteiger partial charge on any atom is -0.498 e. The Hall–Kier alpha value is -0.940. The normalized spacial score (nSPS) is 26.8. The number of halogens is 2. The number of hydrogen-bond donors (Lipinski definition) is 0. The molecule has 0 aromatic carbocycles. The van der Waals surface area contributed by atoms with Gasteiger partial charge in [-0.1, -0.05) is 13.8 Å². The van der Waals surface area contributed by atoms with Gasteiger partial charge in [-0.3, -0.25) is 0 Å². The quantitative estimate of drug-likeness (QED) is 0.507. The van der Waals surface area contributed by atoms with Gasteiger partial charge in [0.05, 0.1) is 32.5 Å². The molecule has 3 nitrogen and oxygen atoms in total. The summed E-state index contributed by atoms with van der Waals surface area (Å²) < 4.78 is 44.8. The SMILES string of the molecule is CCC1CCC(COC(C)CCC(C)C2=C(F)C(F)=C(OC)CC2)CO1. The molecule has 1 saturated heterocycles. The topological polar surface area (TPSA) is 27.7 Å². The van der Waals surface area contributed by atoms with Crippen LogP contribution in [0.25, 0.3) is 0 Å². The Labute approximate surface area is 156 Å². The van der Waals surface area contributed by atoms with Crippen LogP contribution in [0, 0.1) is 11.8 Å². The summed E-state index contributed by atoms with van der Waals surface area (Å²) >= 11 is 0. The summed E-state index contributed by atoms with van der Waals surface area (Å²) in [5.74, 6) is -0.946. The lowest BCUT2D eigenvalue weighted by Gasteiger charge is -2.29. The van der Waals surface area contributed by atoms with E-state index in [0.717, 1.165) is 45.3 Å². The maximum atomic E-state index is 14.2. The average Bonchev–Trinajstić information content (AvgIpc) is 2.66. The largest absolute Gasteiger partial charge is 0.498 e. The molecule has 4 atom stereocenters. The van der Waals surface area contributed by atoms with Gasteiger partial charge in [-0.25, -0.2) is 8.78 Å². The van der Waals surface area contributed by atoms with Crippen LogP contribution in [0.4, 0.5) is 8.78 Å². The molecule has 0 radical (unpaired) electrons. The molecule has 150 valence electrons. The molecular weight excluding hydrogens is 338 g/mol. The van der Waals surface area contributed by atoms with Crippen molar-refractivity contribution in [3.05, 3.63) is 23.0 Å². The minimum absolute atomic E-state index is 0.00790. The predicted molar refractivity (Wildman–Crippen MR) is 99.1 cm³/mol. The molecule has 0 N–H and O–H groups in total. The zero-order valence-electron chi connectivity index (χ0n) is 16.7. The number of ether oxygens (including phenoxy) is 3. The molecule has 0 bridgehead atoms. The molecular formula is C21H34F2O3. The molecule has 4 unspecified atom stereocenters. The second-order valence-electron chi connectivity index (χ2n) is 7.71. The van der Waals surface area contributed by atoms with Crippen molar-refractivity contribution in [3.63, 3.8) is 0 Å². The Morgan fingerprint density at radius 2 is 1.88 bits per heavy atom. The van der Waals surface area contributed by atoms with Crippen molar-refractivity contribution in [2.24, 2.45) is 11.8 Å². The van der Waals surface area contributed by atoms with E-state index in [4.69, 9.17) is 14.2 Å². The van der Waals surface area contributed by atoms with Crippen molar-refractivity contribution in [1.82, 2.24) is 0 Å². The summed E-state index contributed by atoms with van der Waals surface area (Å²) in [6, 6.07) is 0. The van der Waals surface area contributed by atoms with E-state index < -0.39 is 11.7 Å². The summed E-state index contributed by atoms with van der Waals surface area (Å²) in [5, 5.41) is 0. The summed E-state index contributed by atoms with van der Waals surface area (Å²) in [7, 11) is 1.38. The molecule has 0 saturated carbocycles. The van der Waals surface area contributed by atoms with Gasteiger partial charge in [0.2, 0.25) is 0 Å². The van der Waals surface area contributed by atoms with Gasteiger partial charge in [-0.05, 0) is 56.9 Å². The lowest BCUT2D eigenvalue weighted by atomic mass is 9.88. The van der Waals surface area contributed by atoms with Gasteiger partial charge in [0.25, 0.3) is 0 Å². The molecule has 0 amide bonds. The standard InChI is InChI=1S/C21H34F2O3/c1-5-17-9-8-16(13-26-17)12-25-15(3)7-6-14(2)18-10-11-19(24-4)21(23)20(18)22/h14-17H,5-13H2,1-4H3. The maximum absolute atomic E-state index is 14.2. The minimum atomic E-state index is -0.826. The molecule has 1 aliphatic heterocycles. The molecule has 26 heavy (non-hydrogen) atoms. The lowest BCUT2D eigenvalue weighted by molar-refractivity contribution is -0.0558. The fourth-order valence-electron chi connectivity index (χ4n) is 3.74. The van der Waals surface area contributed by atoms with Crippen molar-refractivity contribution in [3.8, 4) is 0 Å². The van der Waals surface area contributed by atoms with Crippen molar-refractivity contribution in [2.45, 2.75) is 77.9 Å². The van der Waals surface area contributed by atoms with E-state index in [1.165, 1.54) is 7.11 Å². The molecule has 1 fully saturated rings. The first-order valence-electron chi connectivity index (χ1n) is 10.0. The average molecular weight is 372 g/mol. The highest BCUT2D eigenvalue weighted by Crippen LogP contribution is 2.37. The third-order valence-electron chi connectivity index (χ3n) is 5.72. The van der Waals surface area contributed by atoms with Crippen LogP contribution < -0.4 is 0 Å². The Bertz CT molecular complexity index is 507. The van der Waals surface area contributed by atoms with Crippen LogP contribution in [0.1, 0.15) is 65.7 Å². The monoisotopic (exact) mass is 372 g/mol. The van der Waals surface area contributed by atoms with Crippen molar-refractivity contribution < 1.29 is 23.0 Å². The van der Waals surface area contributed by atoms with E-state index in [1.54, 1.807) is 0 Å². The van der Waals surface area contributed by atoms with Crippen LogP contribution >= 0.6 is 0 Å². The third-order valence-corrected chi connectivity index (χ3v) is 5.72. The van der Waals surface area contributed by atoms with Crippen LogP contribution in [-0.4, -0.2) is 32.5 Å². The van der Waals surface area contributed by atoms with Gasteiger partial charge in [0.1, 0.15) is 5.76 Å². The number of methoxy groups -OCH3 is 1. The van der Waals surface area contributed by atoms with Crippen LogP contribution in [0.3, 0.4) is 0 Å². The second-order valence-corrected chi connectivity index (χ2v) is 7.71. The number of rotatable bonds is 9. The highest BCUT2D eigenvalue weighted by atomic mass is 19.2. The van der Waals surface area contributed by atoms with E-state index in [2.05, 4.69) is 13.8 Å². The first-order valence-corrected chi connectivity index (χ1v) is 10.0. The van der Waals surface area contributed by atoms with Gasteiger partial charge in [-0.2, -0.15) is 0 Å². The third kappa shape index (κ3) is 5.78. The van der Waals surface area contributed by atoms with Crippen molar-refractivity contribution >= 4 is 0 Å². The van der Waals surface area contributed by atoms with E-state index in [9.17, 15) is 8.78 Å². The van der Waals surface area contributed by atoms with E-state index in [-0.39, 0.29) is 17.8 Å². The Kier molecular flexibility index (Phi) is 8.55. The van der Waals surface area contributed by atoms with E-state index in [0.29, 0.717) is 30.4 Å². The molecule has 0 aromatic rings. The van der Waals surface area contributed by atoms with Gasteiger partial charge in [0.15, 0.2) is 11.7 Å². The van der Waals surface area contributed by atoms with Gasteiger partial charge >= 0.3 is 0 Å². The fourth-order valence-corrected chi connectivity index (χ4v) is 3.74. The van der Waals surface area contributed by atoms with Gasteiger partial charge < -0.3 is 14.2 Å². The highest BCUT2D eigenvalue weighted by Gasteiger charge is 2.26.